The fourth-order valence-corrected chi connectivity index (χ4v) is 3.64. The highest BCUT2D eigenvalue weighted by atomic mass is 16.3. The highest BCUT2D eigenvalue weighted by molar-refractivity contribution is 5.82. The summed E-state index contributed by atoms with van der Waals surface area (Å²) in [6.45, 7) is 4.05. The number of imidazole rings is 1. The standard InChI is InChI=1S/C25H20N4O/c1-16-11-13-29-23(14-16)28-24(21-5-3-4-17(2)27-21)25(29)19-10-12-26-22(15-19)18-6-8-20(30)9-7-18/h3-15,30H,1-2H3. The van der Waals surface area contributed by atoms with Crippen LogP contribution >= 0.6 is 0 Å². The zero-order valence-electron chi connectivity index (χ0n) is 16.7. The van der Waals surface area contributed by atoms with Crippen LogP contribution in [0.3, 0.4) is 0 Å². The minimum Gasteiger partial charge on any atom is -0.508 e. The molecule has 0 aliphatic heterocycles. The number of fused-ring (bicyclic) bond motifs is 1. The van der Waals surface area contributed by atoms with E-state index in [1.165, 1.54) is 0 Å². The van der Waals surface area contributed by atoms with Crippen molar-refractivity contribution in [3.05, 3.63) is 90.4 Å². The normalized spacial score (nSPS) is 11.1. The Labute approximate surface area is 174 Å². The molecule has 5 aromatic rings. The molecule has 0 unspecified atom stereocenters. The van der Waals surface area contributed by atoms with E-state index in [-0.39, 0.29) is 5.75 Å². The van der Waals surface area contributed by atoms with Crippen molar-refractivity contribution in [2.75, 3.05) is 0 Å². The molecule has 0 atom stereocenters. The summed E-state index contributed by atoms with van der Waals surface area (Å²) >= 11 is 0. The van der Waals surface area contributed by atoms with Gasteiger partial charge < -0.3 is 5.11 Å². The lowest BCUT2D eigenvalue weighted by molar-refractivity contribution is 0.475. The minimum absolute atomic E-state index is 0.236. The topological polar surface area (TPSA) is 63.3 Å². The van der Waals surface area contributed by atoms with Gasteiger partial charge in [-0.25, -0.2) is 4.98 Å². The Bertz CT molecular complexity index is 1370. The van der Waals surface area contributed by atoms with E-state index in [1.54, 1.807) is 18.3 Å². The van der Waals surface area contributed by atoms with Gasteiger partial charge in [-0.05, 0) is 80.1 Å². The van der Waals surface area contributed by atoms with Crippen LogP contribution in [0.2, 0.25) is 0 Å². The molecule has 1 aromatic carbocycles. The first-order valence-electron chi connectivity index (χ1n) is 9.77. The van der Waals surface area contributed by atoms with Crippen molar-refractivity contribution in [1.82, 2.24) is 19.4 Å². The third-order valence-corrected chi connectivity index (χ3v) is 5.11. The maximum Gasteiger partial charge on any atom is 0.138 e. The van der Waals surface area contributed by atoms with E-state index in [2.05, 4.69) is 34.5 Å². The van der Waals surface area contributed by atoms with Gasteiger partial charge in [-0.15, -0.1) is 0 Å². The van der Waals surface area contributed by atoms with Gasteiger partial charge in [-0.2, -0.15) is 0 Å². The zero-order valence-corrected chi connectivity index (χ0v) is 16.7. The van der Waals surface area contributed by atoms with Crippen molar-refractivity contribution in [3.8, 4) is 39.7 Å². The van der Waals surface area contributed by atoms with Gasteiger partial charge in [0.25, 0.3) is 0 Å². The highest BCUT2D eigenvalue weighted by Crippen LogP contribution is 2.34. The van der Waals surface area contributed by atoms with Crippen molar-refractivity contribution < 1.29 is 5.11 Å². The molecule has 0 radical (unpaired) electrons. The van der Waals surface area contributed by atoms with Gasteiger partial charge in [-0.3, -0.25) is 14.4 Å². The molecule has 0 aliphatic carbocycles. The molecule has 5 rings (SSSR count). The molecule has 4 aromatic heterocycles. The van der Waals surface area contributed by atoms with Crippen LogP contribution in [0.15, 0.2) is 79.1 Å². The van der Waals surface area contributed by atoms with Crippen LogP contribution in [-0.2, 0) is 0 Å². The summed E-state index contributed by atoms with van der Waals surface area (Å²) in [5.74, 6) is 0.236. The summed E-state index contributed by atoms with van der Waals surface area (Å²) in [5.41, 5.74) is 8.42. The van der Waals surface area contributed by atoms with Crippen LogP contribution in [0.4, 0.5) is 0 Å². The predicted octanol–water partition coefficient (Wildman–Crippen LogP) is 5.45. The quantitative estimate of drug-likeness (QED) is 0.444. The number of benzene rings is 1. The molecule has 0 bridgehead atoms. The van der Waals surface area contributed by atoms with Gasteiger partial charge >= 0.3 is 0 Å². The molecule has 0 amide bonds. The number of nitrogens with zero attached hydrogens (tertiary/aromatic N) is 4. The molecule has 30 heavy (non-hydrogen) atoms. The lowest BCUT2D eigenvalue weighted by atomic mass is 10.0. The first-order valence-corrected chi connectivity index (χ1v) is 9.77. The van der Waals surface area contributed by atoms with Crippen molar-refractivity contribution >= 4 is 5.65 Å². The number of hydrogen-bond donors (Lipinski definition) is 1. The molecule has 5 heteroatoms. The van der Waals surface area contributed by atoms with Crippen LogP contribution in [0, 0.1) is 13.8 Å². The van der Waals surface area contributed by atoms with E-state index in [0.29, 0.717) is 0 Å². The Kier molecular flexibility index (Phi) is 4.29. The van der Waals surface area contributed by atoms with Gasteiger partial charge in [0.15, 0.2) is 0 Å². The molecule has 0 saturated carbocycles. The van der Waals surface area contributed by atoms with Crippen LogP contribution in [0.25, 0.3) is 39.5 Å². The Morgan fingerprint density at radius 2 is 1.63 bits per heavy atom. The number of hydrogen-bond acceptors (Lipinski definition) is 4. The van der Waals surface area contributed by atoms with E-state index in [4.69, 9.17) is 9.97 Å². The summed E-state index contributed by atoms with van der Waals surface area (Å²) in [6.07, 6.45) is 3.85. The molecular formula is C25H20N4O. The molecule has 146 valence electrons. The summed E-state index contributed by atoms with van der Waals surface area (Å²) < 4.78 is 2.10. The molecule has 0 saturated heterocycles. The number of aromatic hydroxyl groups is 1. The Hall–Kier alpha value is -3.99. The monoisotopic (exact) mass is 392 g/mol. The number of phenols is 1. The molecule has 0 aliphatic rings. The second-order valence-corrected chi connectivity index (χ2v) is 7.38. The number of aryl methyl sites for hydroxylation is 2. The zero-order chi connectivity index (χ0) is 20.7. The van der Waals surface area contributed by atoms with E-state index in [9.17, 15) is 5.11 Å². The van der Waals surface area contributed by atoms with Crippen molar-refractivity contribution in [2.45, 2.75) is 13.8 Å². The van der Waals surface area contributed by atoms with Gasteiger partial charge in [0.05, 0.1) is 17.1 Å². The number of rotatable bonds is 3. The van der Waals surface area contributed by atoms with Gasteiger partial charge in [0.1, 0.15) is 17.1 Å². The smallest absolute Gasteiger partial charge is 0.138 e. The maximum absolute atomic E-state index is 9.60. The van der Waals surface area contributed by atoms with Crippen molar-refractivity contribution in [2.24, 2.45) is 0 Å². The molecule has 1 N–H and O–H groups in total. The summed E-state index contributed by atoms with van der Waals surface area (Å²) in [4.78, 5) is 14.2. The van der Waals surface area contributed by atoms with Gasteiger partial charge in [-0.1, -0.05) is 6.07 Å². The van der Waals surface area contributed by atoms with Crippen LogP contribution < -0.4 is 0 Å². The molecular weight excluding hydrogens is 372 g/mol. The first-order chi connectivity index (χ1) is 14.6. The predicted molar refractivity (Wildman–Crippen MR) is 118 cm³/mol. The van der Waals surface area contributed by atoms with Crippen LogP contribution in [0.5, 0.6) is 5.75 Å². The van der Waals surface area contributed by atoms with Gasteiger partial charge in [0, 0.05) is 29.2 Å². The molecule has 5 nitrogen and oxygen atoms in total. The third-order valence-electron chi connectivity index (χ3n) is 5.11. The first kappa shape index (κ1) is 18.1. The van der Waals surface area contributed by atoms with Gasteiger partial charge in [0.2, 0.25) is 0 Å². The molecule has 4 heterocycles. The summed E-state index contributed by atoms with van der Waals surface area (Å²) in [5, 5.41) is 9.60. The SMILES string of the molecule is Cc1ccn2c(-c3ccnc(-c4ccc(O)cc4)c3)c(-c3cccc(C)n3)nc2c1. The fraction of sp³-hybridized carbons (Fsp3) is 0.0800. The maximum atomic E-state index is 9.60. The molecule has 0 fully saturated rings. The second kappa shape index (κ2) is 7.12. The van der Waals surface area contributed by atoms with E-state index in [1.807, 2.05) is 49.5 Å². The largest absolute Gasteiger partial charge is 0.508 e. The van der Waals surface area contributed by atoms with Crippen LogP contribution in [-0.4, -0.2) is 24.5 Å². The summed E-state index contributed by atoms with van der Waals surface area (Å²) in [6, 6.07) is 21.2. The van der Waals surface area contributed by atoms with E-state index < -0.39 is 0 Å². The Morgan fingerprint density at radius 1 is 0.800 bits per heavy atom. The summed E-state index contributed by atoms with van der Waals surface area (Å²) in [7, 11) is 0. The molecule has 0 spiro atoms. The fourth-order valence-electron chi connectivity index (χ4n) is 3.64. The number of pyridine rings is 3. The highest BCUT2D eigenvalue weighted by Gasteiger charge is 2.18. The average molecular weight is 392 g/mol. The third kappa shape index (κ3) is 3.20. The number of aromatic nitrogens is 4. The Balaban J connectivity index is 1.75. The van der Waals surface area contributed by atoms with E-state index in [0.717, 1.165) is 50.8 Å². The second-order valence-electron chi connectivity index (χ2n) is 7.38. The number of phenolic OH excluding ortho intramolecular Hbond substituents is 1. The Morgan fingerprint density at radius 3 is 2.43 bits per heavy atom. The lowest BCUT2D eigenvalue weighted by Crippen LogP contribution is -1.93. The lowest BCUT2D eigenvalue weighted by Gasteiger charge is -2.08. The van der Waals surface area contributed by atoms with E-state index >= 15 is 0 Å². The van der Waals surface area contributed by atoms with Crippen LogP contribution in [0.1, 0.15) is 11.3 Å². The van der Waals surface area contributed by atoms with Crippen molar-refractivity contribution in [1.29, 1.82) is 0 Å². The average Bonchev–Trinajstić information content (AvgIpc) is 3.13. The minimum atomic E-state index is 0.236. The van der Waals surface area contributed by atoms with Crippen molar-refractivity contribution in [3.63, 3.8) is 0 Å².